The Kier molecular flexibility index (Phi) is 3.38. The van der Waals surface area contributed by atoms with Crippen LogP contribution in [0.2, 0.25) is 0 Å². The number of anilines is 1. The quantitative estimate of drug-likeness (QED) is 0.756. The van der Waals surface area contributed by atoms with Gasteiger partial charge in [-0.3, -0.25) is 9.89 Å². The minimum atomic E-state index is -1.19. The molecular formula is C12H11N3O3. The normalized spacial score (nSPS) is 10.0. The van der Waals surface area contributed by atoms with Crippen LogP contribution < -0.4 is 5.32 Å². The molecule has 1 heterocycles. The largest absolute Gasteiger partial charge is 0.476 e. The van der Waals surface area contributed by atoms with Crippen LogP contribution in [0.1, 0.15) is 16.1 Å². The molecule has 0 aliphatic rings. The van der Waals surface area contributed by atoms with Crippen LogP contribution in [-0.2, 0) is 11.2 Å². The molecule has 2 rings (SSSR count). The van der Waals surface area contributed by atoms with E-state index in [-0.39, 0.29) is 23.7 Å². The lowest BCUT2D eigenvalue weighted by atomic mass is 10.1. The molecule has 3 N–H and O–H groups in total. The standard InChI is InChI=1S/C12H11N3O3/c16-10(6-8-4-2-1-3-5-8)14-9-7-13-15-11(9)12(17)18/h1-5,7H,6H2,(H,13,15)(H,14,16)(H,17,18). The van der Waals surface area contributed by atoms with E-state index in [1.807, 2.05) is 30.3 Å². The minimum Gasteiger partial charge on any atom is -0.476 e. The Bertz CT molecular complexity index is 563. The number of carboxylic acids is 1. The molecule has 2 aromatic rings. The van der Waals surface area contributed by atoms with Crippen molar-refractivity contribution in [1.82, 2.24) is 10.2 Å². The van der Waals surface area contributed by atoms with Crippen LogP contribution in [-0.4, -0.2) is 27.2 Å². The van der Waals surface area contributed by atoms with E-state index in [1.54, 1.807) is 0 Å². The molecule has 0 saturated carbocycles. The van der Waals surface area contributed by atoms with Gasteiger partial charge < -0.3 is 10.4 Å². The Balaban J connectivity index is 2.04. The van der Waals surface area contributed by atoms with Gasteiger partial charge in [-0.1, -0.05) is 30.3 Å². The lowest BCUT2D eigenvalue weighted by molar-refractivity contribution is -0.115. The van der Waals surface area contributed by atoms with Crippen molar-refractivity contribution >= 4 is 17.6 Å². The second-order valence-corrected chi connectivity index (χ2v) is 3.66. The highest BCUT2D eigenvalue weighted by Crippen LogP contribution is 2.12. The summed E-state index contributed by atoms with van der Waals surface area (Å²) in [6, 6.07) is 9.19. The van der Waals surface area contributed by atoms with E-state index < -0.39 is 5.97 Å². The summed E-state index contributed by atoms with van der Waals surface area (Å²) in [4.78, 5) is 22.5. The maximum absolute atomic E-state index is 11.7. The van der Waals surface area contributed by atoms with Crippen LogP contribution in [0.4, 0.5) is 5.69 Å². The van der Waals surface area contributed by atoms with E-state index in [0.29, 0.717) is 0 Å². The van der Waals surface area contributed by atoms with Gasteiger partial charge in [-0.15, -0.1) is 0 Å². The minimum absolute atomic E-state index is 0.170. The molecule has 1 aromatic heterocycles. The number of carboxylic acid groups (broad SMARTS) is 1. The summed E-state index contributed by atoms with van der Waals surface area (Å²) in [6.45, 7) is 0. The van der Waals surface area contributed by atoms with Gasteiger partial charge in [0.1, 0.15) is 0 Å². The van der Waals surface area contributed by atoms with Crippen molar-refractivity contribution in [3.63, 3.8) is 0 Å². The Hall–Kier alpha value is -2.63. The van der Waals surface area contributed by atoms with Gasteiger partial charge in [-0.2, -0.15) is 5.10 Å². The number of carbonyl (C=O) groups is 2. The molecule has 0 aliphatic heterocycles. The molecule has 1 amide bonds. The Morgan fingerprint density at radius 2 is 2.00 bits per heavy atom. The van der Waals surface area contributed by atoms with Crippen molar-refractivity contribution < 1.29 is 14.7 Å². The number of hydrogen-bond donors (Lipinski definition) is 3. The number of carbonyl (C=O) groups excluding carboxylic acids is 1. The third-order valence-corrected chi connectivity index (χ3v) is 2.32. The van der Waals surface area contributed by atoms with Gasteiger partial charge >= 0.3 is 5.97 Å². The van der Waals surface area contributed by atoms with Gasteiger partial charge in [0.15, 0.2) is 5.69 Å². The van der Waals surface area contributed by atoms with Crippen molar-refractivity contribution in [3.8, 4) is 0 Å². The molecule has 0 bridgehead atoms. The van der Waals surface area contributed by atoms with Gasteiger partial charge in [-0.25, -0.2) is 4.79 Å². The maximum atomic E-state index is 11.7. The number of aromatic amines is 1. The van der Waals surface area contributed by atoms with E-state index in [1.165, 1.54) is 6.20 Å². The average Bonchev–Trinajstić information content (AvgIpc) is 2.78. The van der Waals surface area contributed by atoms with Gasteiger partial charge in [0.2, 0.25) is 5.91 Å². The fraction of sp³-hybridized carbons (Fsp3) is 0.0833. The molecule has 0 saturated heterocycles. The van der Waals surface area contributed by atoms with Crippen molar-refractivity contribution in [3.05, 3.63) is 47.8 Å². The smallest absolute Gasteiger partial charge is 0.358 e. The summed E-state index contributed by atoms with van der Waals surface area (Å²) in [7, 11) is 0. The second kappa shape index (κ2) is 5.13. The summed E-state index contributed by atoms with van der Waals surface area (Å²) < 4.78 is 0. The van der Waals surface area contributed by atoms with Crippen molar-refractivity contribution in [2.75, 3.05) is 5.32 Å². The zero-order valence-electron chi connectivity index (χ0n) is 9.38. The molecule has 6 nitrogen and oxygen atoms in total. The highest BCUT2D eigenvalue weighted by atomic mass is 16.4. The lowest BCUT2D eigenvalue weighted by Crippen LogP contribution is -2.16. The van der Waals surface area contributed by atoms with Crippen LogP contribution in [0.3, 0.4) is 0 Å². The van der Waals surface area contributed by atoms with Crippen molar-refractivity contribution in [2.24, 2.45) is 0 Å². The number of rotatable bonds is 4. The highest BCUT2D eigenvalue weighted by molar-refractivity contribution is 5.99. The summed E-state index contributed by atoms with van der Waals surface area (Å²) in [5.74, 6) is -1.48. The zero-order chi connectivity index (χ0) is 13.0. The van der Waals surface area contributed by atoms with E-state index in [0.717, 1.165) is 5.56 Å². The summed E-state index contributed by atoms with van der Waals surface area (Å²) in [5, 5.41) is 17.3. The van der Waals surface area contributed by atoms with E-state index in [4.69, 9.17) is 5.11 Å². The van der Waals surface area contributed by atoms with Gasteiger partial charge in [-0.05, 0) is 5.56 Å². The highest BCUT2D eigenvalue weighted by Gasteiger charge is 2.15. The number of nitrogens with zero attached hydrogens (tertiary/aromatic N) is 1. The SMILES string of the molecule is O=C(Cc1ccccc1)Nc1c[nH]nc1C(=O)O. The molecule has 6 heteroatoms. The van der Waals surface area contributed by atoms with Crippen LogP contribution in [0.5, 0.6) is 0 Å². The number of aromatic carboxylic acids is 1. The summed E-state index contributed by atoms with van der Waals surface area (Å²) in [6.07, 6.45) is 1.53. The first-order chi connectivity index (χ1) is 8.66. The van der Waals surface area contributed by atoms with E-state index in [2.05, 4.69) is 15.5 Å². The number of hydrogen-bond acceptors (Lipinski definition) is 3. The first kappa shape index (κ1) is 11.8. The molecule has 1 aromatic carbocycles. The number of H-pyrrole nitrogens is 1. The molecule has 0 radical (unpaired) electrons. The van der Waals surface area contributed by atoms with Crippen LogP contribution in [0.25, 0.3) is 0 Å². The molecule has 0 spiro atoms. The van der Waals surface area contributed by atoms with Crippen molar-refractivity contribution in [1.29, 1.82) is 0 Å². The molecule has 0 unspecified atom stereocenters. The number of benzene rings is 1. The Morgan fingerprint density at radius 1 is 1.28 bits per heavy atom. The first-order valence-electron chi connectivity index (χ1n) is 5.27. The molecular weight excluding hydrogens is 234 g/mol. The van der Waals surface area contributed by atoms with Crippen molar-refractivity contribution in [2.45, 2.75) is 6.42 Å². The number of aromatic nitrogens is 2. The summed E-state index contributed by atoms with van der Waals surface area (Å²) >= 11 is 0. The van der Waals surface area contributed by atoms with E-state index in [9.17, 15) is 9.59 Å². The number of nitrogens with one attached hydrogen (secondary N) is 2. The van der Waals surface area contributed by atoms with Crippen LogP contribution in [0.15, 0.2) is 36.5 Å². The summed E-state index contributed by atoms with van der Waals surface area (Å²) in [5.41, 5.74) is 0.829. The van der Waals surface area contributed by atoms with Gasteiger partial charge in [0.25, 0.3) is 0 Å². The topological polar surface area (TPSA) is 95.1 Å². The third kappa shape index (κ3) is 2.73. The van der Waals surface area contributed by atoms with Gasteiger partial charge in [0, 0.05) is 6.20 Å². The zero-order valence-corrected chi connectivity index (χ0v) is 9.38. The van der Waals surface area contributed by atoms with E-state index >= 15 is 0 Å². The lowest BCUT2D eigenvalue weighted by Gasteiger charge is -2.03. The maximum Gasteiger partial charge on any atom is 0.358 e. The fourth-order valence-corrected chi connectivity index (χ4v) is 1.52. The monoisotopic (exact) mass is 245 g/mol. The molecule has 0 aliphatic carbocycles. The third-order valence-electron chi connectivity index (χ3n) is 2.32. The number of amides is 1. The molecule has 18 heavy (non-hydrogen) atoms. The molecule has 0 atom stereocenters. The predicted molar refractivity (Wildman–Crippen MR) is 64.3 cm³/mol. The van der Waals surface area contributed by atoms with Crippen LogP contribution >= 0.6 is 0 Å². The average molecular weight is 245 g/mol. The molecule has 92 valence electrons. The Labute approximate surface area is 103 Å². The fourth-order valence-electron chi connectivity index (χ4n) is 1.52. The molecule has 0 fully saturated rings. The van der Waals surface area contributed by atoms with Crippen LogP contribution in [0, 0.1) is 0 Å². The van der Waals surface area contributed by atoms with Gasteiger partial charge in [0.05, 0.1) is 12.1 Å². The first-order valence-corrected chi connectivity index (χ1v) is 5.27. The predicted octanol–water partition coefficient (Wildman–Crippen LogP) is 1.29. The second-order valence-electron chi connectivity index (χ2n) is 3.66. The Morgan fingerprint density at radius 3 is 2.67 bits per heavy atom.